The molecule has 0 saturated heterocycles. The summed E-state index contributed by atoms with van der Waals surface area (Å²) >= 11 is 0. The monoisotopic (exact) mass is 342 g/mol. The Morgan fingerprint density at radius 1 is 0.720 bits per heavy atom. The number of esters is 2. The molecule has 2 rings (SSSR count). The fourth-order valence-electron chi connectivity index (χ4n) is 2.15. The second-order valence-electron chi connectivity index (χ2n) is 5.40. The maximum atomic E-state index is 12.2. The number of benzene rings is 2. The molecule has 0 aliphatic carbocycles. The molecule has 0 saturated carbocycles. The highest BCUT2D eigenvalue weighted by Crippen LogP contribution is 2.16. The molecule has 0 aliphatic heterocycles. The van der Waals surface area contributed by atoms with Gasteiger partial charge in [-0.15, -0.1) is 0 Å². The molecule has 25 heavy (non-hydrogen) atoms. The minimum absolute atomic E-state index is 0.386. The normalized spacial score (nSPS) is 12.7. The molecule has 132 valence electrons. The SMILES string of the molecule is CCC(Oc1ccccc1)C(=O)OC(=O)C(CC)Oc1ccccc1. The van der Waals surface area contributed by atoms with Crippen molar-refractivity contribution < 1.29 is 23.8 Å². The molecule has 0 bridgehead atoms. The lowest BCUT2D eigenvalue weighted by molar-refractivity contribution is -0.169. The van der Waals surface area contributed by atoms with Crippen LogP contribution in [0.3, 0.4) is 0 Å². The number of hydrogen-bond acceptors (Lipinski definition) is 5. The van der Waals surface area contributed by atoms with Gasteiger partial charge in [-0.2, -0.15) is 0 Å². The highest BCUT2D eigenvalue weighted by molar-refractivity contribution is 5.90. The van der Waals surface area contributed by atoms with Crippen LogP contribution in [0.25, 0.3) is 0 Å². The summed E-state index contributed by atoms with van der Waals surface area (Å²) in [5.41, 5.74) is 0. The van der Waals surface area contributed by atoms with Gasteiger partial charge in [0.15, 0.2) is 12.2 Å². The van der Waals surface area contributed by atoms with Gasteiger partial charge in [-0.05, 0) is 37.1 Å². The maximum Gasteiger partial charge on any atom is 0.355 e. The van der Waals surface area contributed by atoms with Crippen molar-refractivity contribution in [3.63, 3.8) is 0 Å². The smallest absolute Gasteiger partial charge is 0.355 e. The summed E-state index contributed by atoms with van der Waals surface area (Å²) in [4.78, 5) is 24.5. The van der Waals surface area contributed by atoms with E-state index in [1.165, 1.54) is 0 Å². The Morgan fingerprint density at radius 2 is 1.08 bits per heavy atom. The first kappa shape index (κ1) is 18.5. The zero-order chi connectivity index (χ0) is 18.1. The van der Waals surface area contributed by atoms with Crippen LogP contribution in [0.1, 0.15) is 26.7 Å². The Labute approximate surface area is 147 Å². The van der Waals surface area contributed by atoms with E-state index in [1.807, 2.05) is 12.1 Å². The minimum Gasteiger partial charge on any atom is -0.479 e. The van der Waals surface area contributed by atoms with E-state index in [-0.39, 0.29) is 0 Å². The van der Waals surface area contributed by atoms with Crippen molar-refractivity contribution in [3.05, 3.63) is 60.7 Å². The number of carbonyl (C=O) groups excluding carboxylic acids is 2. The quantitative estimate of drug-likeness (QED) is 0.540. The summed E-state index contributed by atoms with van der Waals surface area (Å²) < 4.78 is 16.2. The average Bonchev–Trinajstić information content (AvgIpc) is 2.65. The Bertz CT molecular complexity index is 610. The third kappa shape index (κ3) is 5.64. The lowest BCUT2D eigenvalue weighted by Crippen LogP contribution is -2.36. The van der Waals surface area contributed by atoms with Gasteiger partial charge in [0, 0.05) is 0 Å². The van der Waals surface area contributed by atoms with E-state index in [0.29, 0.717) is 24.3 Å². The van der Waals surface area contributed by atoms with Crippen molar-refractivity contribution in [1.29, 1.82) is 0 Å². The highest BCUT2D eigenvalue weighted by Gasteiger charge is 2.28. The molecular weight excluding hydrogens is 320 g/mol. The van der Waals surface area contributed by atoms with Crippen LogP contribution in [0.15, 0.2) is 60.7 Å². The Kier molecular flexibility index (Phi) is 7.01. The average molecular weight is 342 g/mol. The molecule has 0 amide bonds. The molecule has 2 atom stereocenters. The van der Waals surface area contributed by atoms with E-state index >= 15 is 0 Å². The Morgan fingerprint density at radius 3 is 1.40 bits per heavy atom. The minimum atomic E-state index is -0.847. The molecule has 0 N–H and O–H groups in total. The first-order valence-electron chi connectivity index (χ1n) is 8.33. The fourth-order valence-corrected chi connectivity index (χ4v) is 2.15. The van der Waals surface area contributed by atoms with Gasteiger partial charge in [0.05, 0.1) is 0 Å². The number of hydrogen-bond donors (Lipinski definition) is 0. The molecule has 0 heterocycles. The zero-order valence-electron chi connectivity index (χ0n) is 14.4. The molecule has 2 aromatic rings. The van der Waals surface area contributed by atoms with Crippen molar-refractivity contribution in [2.45, 2.75) is 38.9 Å². The maximum absolute atomic E-state index is 12.2. The third-order valence-corrected chi connectivity index (χ3v) is 3.51. The fraction of sp³-hybridized carbons (Fsp3) is 0.300. The van der Waals surface area contributed by atoms with Gasteiger partial charge in [-0.3, -0.25) is 0 Å². The molecule has 0 fully saturated rings. The first-order valence-corrected chi connectivity index (χ1v) is 8.33. The molecule has 2 unspecified atom stereocenters. The second kappa shape index (κ2) is 9.47. The number of ether oxygens (including phenoxy) is 3. The van der Waals surface area contributed by atoms with Crippen molar-refractivity contribution in [2.24, 2.45) is 0 Å². The van der Waals surface area contributed by atoms with Crippen molar-refractivity contribution >= 4 is 11.9 Å². The Hall–Kier alpha value is -2.82. The number of para-hydroxylation sites is 2. The van der Waals surface area contributed by atoms with Gasteiger partial charge in [-0.1, -0.05) is 50.2 Å². The van der Waals surface area contributed by atoms with Crippen LogP contribution >= 0.6 is 0 Å². The van der Waals surface area contributed by atoms with E-state index in [1.54, 1.807) is 62.4 Å². The van der Waals surface area contributed by atoms with E-state index in [0.717, 1.165) is 0 Å². The molecule has 5 heteroatoms. The van der Waals surface area contributed by atoms with Crippen LogP contribution in [0.2, 0.25) is 0 Å². The van der Waals surface area contributed by atoms with Crippen molar-refractivity contribution in [1.82, 2.24) is 0 Å². The lowest BCUT2D eigenvalue weighted by atomic mass is 10.2. The van der Waals surface area contributed by atoms with Crippen molar-refractivity contribution in [3.8, 4) is 11.5 Å². The van der Waals surface area contributed by atoms with Gasteiger partial charge in [-0.25, -0.2) is 9.59 Å². The predicted octanol–water partition coefficient (Wildman–Crippen LogP) is 3.77. The zero-order valence-corrected chi connectivity index (χ0v) is 14.4. The number of carbonyl (C=O) groups is 2. The van der Waals surface area contributed by atoms with E-state index in [2.05, 4.69) is 0 Å². The summed E-state index contributed by atoms with van der Waals surface area (Å²) in [6.07, 6.45) is -0.921. The molecule has 0 radical (unpaired) electrons. The standard InChI is InChI=1S/C20H22O5/c1-3-17(23-15-11-7-5-8-12-15)19(21)25-20(22)18(4-2)24-16-13-9-6-10-14-16/h5-14,17-18H,3-4H2,1-2H3. The predicted molar refractivity (Wildman–Crippen MR) is 93.4 cm³/mol. The summed E-state index contributed by atoms with van der Waals surface area (Å²) in [7, 11) is 0. The first-order chi connectivity index (χ1) is 12.1. The highest BCUT2D eigenvalue weighted by atomic mass is 16.6. The summed E-state index contributed by atoms with van der Waals surface area (Å²) in [6.45, 7) is 3.58. The lowest BCUT2D eigenvalue weighted by Gasteiger charge is -2.19. The largest absolute Gasteiger partial charge is 0.479 e. The molecule has 0 spiro atoms. The van der Waals surface area contributed by atoms with Crippen LogP contribution in [0.5, 0.6) is 11.5 Å². The van der Waals surface area contributed by atoms with E-state index in [4.69, 9.17) is 14.2 Å². The van der Waals surface area contributed by atoms with Gasteiger partial charge < -0.3 is 14.2 Å². The van der Waals surface area contributed by atoms with E-state index in [9.17, 15) is 9.59 Å². The van der Waals surface area contributed by atoms with Gasteiger partial charge in [0.1, 0.15) is 11.5 Å². The molecular formula is C20H22O5. The van der Waals surface area contributed by atoms with Crippen molar-refractivity contribution in [2.75, 3.05) is 0 Å². The molecule has 0 aliphatic rings. The van der Waals surface area contributed by atoms with Gasteiger partial charge in [0.25, 0.3) is 0 Å². The van der Waals surface area contributed by atoms with Crippen LogP contribution < -0.4 is 9.47 Å². The van der Waals surface area contributed by atoms with Crippen LogP contribution in [0, 0.1) is 0 Å². The topological polar surface area (TPSA) is 61.8 Å². The summed E-state index contributed by atoms with van der Waals surface area (Å²) in [6, 6.07) is 17.9. The van der Waals surface area contributed by atoms with Gasteiger partial charge in [0.2, 0.25) is 0 Å². The van der Waals surface area contributed by atoms with Crippen LogP contribution in [0.4, 0.5) is 0 Å². The molecule has 2 aromatic carbocycles. The Balaban J connectivity index is 1.95. The van der Waals surface area contributed by atoms with Gasteiger partial charge >= 0.3 is 11.9 Å². The molecule has 0 aromatic heterocycles. The summed E-state index contributed by atoms with van der Waals surface area (Å²) in [5, 5.41) is 0. The second-order valence-corrected chi connectivity index (χ2v) is 5.40. The molecule has 5 nitrogen and oxygen atoms in total. The number of rotatable bonds is 8. The van der Waals surface area contributed by atoms with Crippen LogP contribution in [-0.2, 0) is 14.3 Å². The van der Waals surface area contributed by atoms with E-state index < -0.39 is 24.1 Å². The van der Waals surface area contributed by atoms with Crippen LogP contribution in [-0.4, -0.2) is 24.1 Å². The third-order valence-electron chi connectivity index (χ3n) is 3.51. The summed E-state index contributed by atoms with van der Waals surface area (Å²) in [5.74, 6) is -0.337.